The third kappa shape index (κ3) is 2.80. The lowest BCUT2D eigenvalue weighted by Crippen LogP contribution is -2.31. The molecule has 0 saturated heterocycles. The van der Waals surface area contributed by atoms with Crippen LogP contribution in [-0.2, 0) is 16.0 Å². The molecule has 2 atom stereocenters. The minimum Gasteiger partial charge on any atom is -0.389 e. The van der Waals surface area contributed by atoms with Crippen molar-refractivity contribution in [2.24, 2.45) is 5.92 Å². The Morgan fingerprint density at radius 3 is 2.45 bits per heavy atom. The number of ether oxygens (including phenoxy) is 1. The Morgan fingerprint density at radius 2 is 1.68 bits per heavy atom. The van der Waals surface area contributed by atoms with Gasteiger partial charge < -0.3 is 4.74 Å². The predicted molar refractivity (Wildman–Crippen MR) is 83.5 cm³/mol. The van der Waals surface area contributed by atoms with Gasteiger partial charge in [-0.15, -0.1) is 0 Å². The van der Waals surface area contributed by atoms with Crippen LogP contribution in [0, 0.1) is 5.92 Å². The van der Waals surface area contributed by atoms with E-state index in [9.17, 15) is 9.59 Å². The Kier molecular flexibility index (Phi) is 4.05. The summed E-state index contributed by atoms with van der Waals surface area (Å²) in [7, 11) is 0. The third-order valence-corrected chi connectivity index (χ3v) is 4.26. The van der Waals surface area contributed by atoms with E-state index in [1.807, 2.05) is 37.3 Å². The topological polar surface area (TPSA) is 43.4 Å². The zero-order valence-electron chi connectivity index (χ0n) is 12.5. The van der Waals surface area contributed by atoms with Crippen molar-refractivity contribution in [3.8, 4) is 0 Å². The Morgan fingerprint density at radius 1 is 1.00 bits per heavy atom. The van der Waals surface area contributed by atoms with E-state index in [1.54, 1.807) is 12.1 Å². The quantitative estimate of drug-likeness (QED) is 0.637. The van der Waals surface area contributed by atoms with Crippen molar-refractivity contribution >= 4 is 11.9 Å². The van der Waals surface area contributed by atoms with Gasteiger partial charge in [0.15, 0.2) is 0 Å². The van der Waals surface area contributed by atoms with Crippen molar-refractivity contribution in [3.63, 3.8) is 0 Å². The lowest BCUT2D eigenvalue weighted by Gasteiger charge is -2.27. The van der Waals surface area contributed by atoms with Crippen LogP contribution in [0.4, 0.5) is 0 Å². The van der Waals surface area contributed by atoms with E-state index in [2.05, 4.69) is 12.1 Å². The molecule has 2 unspecified atom stereocenters. The molecule has 0 N–H and O–H groups in total. The molecule has 3 nitrogen and oxygen atoms in total. The Bertz CT molecular complexity index is 691. The third-order valence-electron chi connectivity index (χ3n) is 4.26. The Labute approximate surface area is 129 Å². The number of hydrogen-bond acceptors (Lipinski definition) is 3. The number of rotatable bonds is 4. The number of benzene rings is 2. The van der Waals surface area contributed by atoms with Gasteiger partial charge in [0, 0.05) is 0 Å². The molecular formula is C19H18O3. The smallest absolute Gasteiger partial charge is 0.346 e. The fourth-order valence-electron chi connectivity index (χ4n) is 3.04. The summed E-state index contributed by atoms with van der Waals surface area (Å²) in [5.74, 6) is -1.21. The molecule has 2 aromatic rings. The van der Waals surface area contributed by atoms with Gasteiger partial charge in [0.2, 0.25) is 0 Å². The first-order valence-electron chi connectivity index (χ1n) is 7.55. The van der Waals surface area contributed by atoms with Crippen LogP contribution in [0.5, 0.6) is 0 Å². The van der Waals surface area contributed by atoms with Crippen molar-refractivity contribution in [2.45, 2.75) is 25.7 Å². The molecule has 0 fully saturated rings. The van der Waals surface area contributed by atoms with Gasteiger partial charge in [-0.25, -0.2) is 4.79 Å². The number of fused-ring (bicyclic) bond motifs is 1. The number of aryl methyl sites for hydroxylation is 1. The molecule has 22 heavy (non-hydrogen) atoms. The maximum absolute atomic E-state index is 12.2. The zero-order chi connectivity index (χ0) is 15.5. The van der Waals surface area contributed by atoms with Crippen molar-refractivity contribution in [1.82, 2.24) is 0 Å². The Hall–Kier alpha value is -2.42. The molecule has 0 amide bonds. The van der Waals surface area contributed by atoms with Gasteiger partial charge in [-0.05, 0) is 36.0 Å². The predicted octanol–water partition coefficient (Wildman–Crippen LogP) is 3.74. The van der Waals surface area contributed by atoms with E-state index < -0.39 is 11.9 Å². The normalized spacial score (nSPS) is 18.5. The molecule has 2 aromatic carbocycles. The van der Waals surface area contributed by atoms with Gasteiger partial charge in [-0.3, -0.25) is 4.79 Å². The monoisotopic (exact) mass is 294 g/mol. The van der Waals surface area contributed by atoms with Gasteiger partial charge in [0.1, 0.15) is 0 Å². The Balaban J connectivity index is 1.79. The molecule has 0 aromatic heterocycles. The van der Waals surface area contributed by atoms with Gasteiger partial charge in [-0.2, -0.15) is 0 Å². The molecule has 1 aliphatic heterocycles. The first-order valence-corrected chi connectivity index (χ1v) is 7.55. The first-order chi connectivity index (χ1) is 10.7. The van der Waals surface area contributed by atoms with E-state index in [1.165, 1.54) is 5.56 Å². The largest absolute Gasteiger partial charge is 0.389 e. The van der Waals surface area contributed by atoms with E-state index >= 15 is 0 Å². The van der Waals surface area contributed by atoms with Crippen LogP contribution in [0.2, 0.25) is 0 Å². The minimum atomic E-state index is -0.535. The molecule has 112 valence electrons. The molecule has 1 heterocycles. The fourth-order valence-corrected chi connectivity index (χ4v) is 3.04. The first kappa shape index (κ1) is 14.5. The summed E-state index contributed by atoms with van der Waals surface area (Å²) in [4.78, 5) is 24.0. The summed E-state index contributed by atoms with van der Waals surface area (Å²) in [5, 5.41) is 0. The van der Waals surface area contributed by atoms with Crippen LogP contribution in [0.15, 0.2) is 54.6 Å². The lowest BCUT2D eigenvalue weighted by atomic mass is 9.80. The van der Waals surface area contributed by atoms with Gasteiger partial charge in [-0.1, -0.05) is 55.5 Å². The van der Waals surface area contributed by atoms with Crippen molar-refractivity contribution < 1.29 is 14.3 Å². The summed E-state index contributed by atoms with van der Waals surface area (Å²) in [6.45, 7) is 2.04. The lowest BCUT2D eigenvalue weighted by molar-refractivity contribution is -0.141. The second kappa shape index (κ2) is 6.14. The summed E-state index contributed by atoms with van der Waals surface area (Å²) in [6.07, 6.45) is 1.77. The maximum atomic E-state index is 12.2. The molecule has 3 heteroatoms. The van der Waals surface area contributed by atoms with E-state index in [0.29, 0.717) is 5.56 Å². The number of hydrogen-bond donors (Lipinski definition) is 0. The van der Waals surface area contributed by atoms with E-state index in [0.717, 1.165) is 18.4 Å². The molecular weight excluding hydrogens is 276 g/mol. The summed E-state index contributed by atoms with van der Waals surface area (Å²) in [5.41, 5.74) is 2.56. The highest BCUT2D eigenvalue weighted by Crippen LogP contribution is 2.35. The van der Waals surface area contributed by atoms with Gasteiger partial charge in [0.25, 0.3) is 0 Å². The minimum absolute atomic E-state index is 0.113. The van der Waals surface area contributed by atoms with Crippen molar-refractivity contribution in [1.29, 1.82) is 0 Å². The zero-order valence-corrected chi connectivity index (χ0v) is 12.5. The number of carbonyl (C=O) groups is 2. The fraction of sp³-hybridized carbons (Fsp3) is 0.263. The van der Waals surface area contributed by atoms with Crippen molar-refractivity contribution in [3.05, 3.63) is 71.3 Å². The number of carbonyl (C=O) groups excluding carboxylic acids is 2. The van der Waals surface area contributed by atoms with Crippen LogP contribution < -0.4 is 0 Å². The highest BCUT2D eigenvalue weighted by molar-refractivity contribution is 6.04. The van der Waals surface area contributed by atoms with Crippen LogP contribution in [-0.4, -0.2) is 11.9 Å². The van der Waals surface area contributed by atoms with Crippen LogP contribution in [0.3, 0.4) is 0 Å². The molecule has 1 aliphatic rings. The molecule has 0 radical (unpaired) electrons. The molecule has 0 spiro atoms. The van der Waals surface area contributed by atoms with Crippen molar-refractivity contribution in [2.75, 3.05) is 0 Å². The SMILES string of the molecule is CC(CCc1ccccc1)C1C(=O)OC(=O)c2ccccc21. The summed E-state index contributed by atoms with van der Waals surface area (Å²) >= 11 is 0. The second-order valence-corrected chi connectivity index (χ2v) is 5.78. The average molecular weight is 294 g/mol. The van der Waals surface area contributed by atoms with Gasteiger partial charge in [0.05, 0.1) is 11.5 Å². The van der Waals surface area contributed by atoms with Crippen LogP contribution >= 0.6 is 0 Å². The van der Waals surface area contributed by atoms with E-state index in [4.69, 9.17) is 4.74 Å². The summed E-state index contributed by atoms with van der Waals surface area (Å²) < 4.78 is 4.92. The molecule has 3 rings (SSSR count). The number of esters is 2. The highest BCUT2D eigenvalue weighted by Gasteiger charge is 2.37. The maximum Gasteiger partial charge on any atom is 0.346 e. The highest BCUT2D eigenvalue weighted by atomic mass is 16.6. The van der Waals surface area contributed by atoms with Crippen LogP contribution in [0.1, 0.15) is 40.7 Å². The molecule has 0 saturated carbocycles. The number of cyclic esters (lactones) is 2. The average Bonchev–Trinajstić information content (AvgIpc) is 2.54. The van der Waals surface area contributed by atoms with E-state index in [-0.39, 0.29) is 11.8 Å². The summed E-state index contributed by atoms with van der Waals surface area (Å²) in [6, 6.07) is 17.4. The van der Waals surface area contributed by atoms with Gasteiger partial charge >= 0.3 is 11.9 Å². The molecule has 0 aliphatic carbocycles. The standard InChI is InChI=1S/C19H18O3/c1-13(11-12-14-7-3-2-4-8-14)17-15-9-5-6-10-16(15)18(20)22-19(17)21/h2-10,13,17H,11-12H2,1H3. The molecule has 0 bridgehead atoms. The van der Waals surface area contributed by atoms with Crippen LogP contribution in [0.25, 0.3) is 0 Å². The second-order valence-electron chi connectivity index (χ2n) is 5.78.